The Morgan fingerprint density at radius 2 is 2.08 bits per heavy atom. The van der Waals surface area contributed by atoms with Gasteiger partial charge in [0, 0.05) is 7.05 Å². The first-order valence-electron chi connectivity index (χ1n) is 4.23. The number of rotatable bonds is 3. The Morgan fingerprint density at radius 1 is 1.42 bits per heavy atom. The van der Waals surface area contributed by atoms with Crippen LogP contribution in [0.1, 0.15) is 25.5 Å². The van der Waals surface area contributed by atoms with Gasteiger partial charge in [0.2, 0.25) is 0 Å². The van der Waals surface area contributed by atoms with Crippen molar-refractivity contribution in [3.8, 4) is 0 Å². The van der Waals surface area contributed by atoms with Crippen LogP contribution in [0.15, 0.2) is 0 Å². The minimum Gasteiger partial charge on any atom is -0.394 e. The van der Waals surface area contributed by atoms with E-state index >= 15 is 0 Å². The van der Waals surface area contributed by atoms with Gasteiger partial charge in [0.05, 0.1) is 11.4 Å². The number of nitrogens with two attached hydrogens (primary N) is 2. The van der Waals surface area contributed by atoms with Crippen molar-refractivity contribution in [2.75, 3.05) is 11.5 Å². The van der Waals surface area contributed by atoms with Crippen LogP contribution in [0.2, 0.25) is 0 Å². The van der Waals surface area contributed by atoms with Crippen LogP contribution in [0.3, 0.4) is 0 Å². The minimum atomic E-state index is 0.570. The second-order valence-electron chi connectivity index (χ2n) is 2.97. The lowest BCUT2D eigenvalue weighted by molar-refractivity contribution is 0.718. The van der Waals surface area contributed by atoms with Crippen molar-refractivity contribution in [1.29, 1.82) is 0 Å². The molecule has 0 spiro atoms. The molecule has 0 saturated carbocycles. The van der Waals surface area contributed by atoms with E-state index in [0.29, 0.717) is 11.5 Å². The maximum absolute atomic E-state index is 5.74. The lowest BCUT2D eigenvalue weighted by atomic mass is 10.2. The van der Waals surface area contributed by atoms with E-state index in [0.717, 1.165) is 25.0 Å². The zero-order valence-corrected chi connectivity index (χ0v) is 7.67. The van der Waals surface area contributed by atoms with E-state index in [2.05, 4.69) is 12.0 Å². The van der Waals surface area contributed by atoms with E-state index in [1.165, 1.54) is 0 Å². The Bertz CT molecular complexity index is 264. The van der Waals surface area contributed by atoms with Gasteiger partial charge in [0.25, 0.3) is 0 Å². The highest BCUT2D eigenvalue weighted by Gasteiger charge is 2.08. The van der Waals surface area contributed by atoms with Crippen molar-refractivity contribution in [2.24, 2.45) is 7.05 Å². The number of anilines is 2. The Labute approximate surface area is 72.5 Å². The van der Waals surface area contributed by atoms with Gasteiger partial charge in [-0.3, -0.25) is 4.68 Å². The van der Waals surface area contributed by atoms with Gasteiger partial charge in [-0.05, 0) is 12.8 Å². The van der Waals surface area contributed by atoms with E-state index in [4.69, 9.17) is 11.5 Å². The van der Waals surface area contributed by atoms with Crippen LogP contribution in [-0.4, -0.2) is 9.78 Å². The van der Waals surface area contributed by atoms with Gasteiger partial charge in [0.1, 0.15) is 5.82 Å². The molecule has 1 heterocycles. The quantitative estimate of drug-likeness (QED) is 0.705. The van der Waals surface area contributed by atoms with Gasteiger partial charge in [-0.2, -0.15) is 5.10 Å². The maximum atomic E-state index is 5.74. The maximum Gasteiger partial charge on any atom is 0.145 e. The Kier molecular flexibility index (Phi) is 2.58. The van der Waals surface area contributed by atoms with E-state index < -0.39 is 0 Å². The van der Waals surface area contributed by atoms with Crippen molar-refractivity contribution in [3.63, 3.8) is 0 Å². The molecule has 0 unspecified atom stereocenters. The summed E-state index contributed by atoms with van der Waals surface area (Å²) in [7, 11) is 1.81. The molecule has 1 aromatic heterocycles. The summed E-state index contributed by atoms with van der Waals surface area (Å²) < 4.78 is 1.63. The molecule has 0 fully saturated rings. The molecule has 1 aromatic rings. The largest absolute Gasteiger partial charge is 0.394 e. The van der Waals surface area contributed by atoms with Crippen molar-refractivity contribution in [3.05, 3.63) is 5.69 Å². The van der Waals surface area contributed by atoms with Crippen molar-refractivity contribution >= 4 is 11.5 Å². The first-order chi connectivity index (χ1) is 5.66. The normalized spacial score (nSPS) is 10.5. The van der Waals surface area contributed by atoms with Gasteiger partial charge in [0.15, 0.2) is 0 Å². The van der Waals surface area contributed by atoms with Crippen molar-refractivity contribution in [2.45, 2.75) is 26.2 Å². The van der Waals surface area contributed by atoms with Gasteiger partial charge in [-0.15, -0.1) is 0 Å². The van der Waals surface area contributed by atoms with Crippen LogP contribution in [0, 0.1) is 0 Å². The van der Waals surface area contributed by atoms with Gasteiger partial charge in [-0.25, -0.2) is 0 Å². The zero-order chi connectivity index (χ0) is 9.14. The highest BCUT2D eigenvalue weighted by atomic mass is 15.3. The highest BCUT2D eigenvalue weighted by molar-refractivity contribution is 5.61. The molecule has 0 aliphatic rings. The minimum absolute atomic E-state index is 0.570. The molecule has 1 rings (SSSR count). The molecule has 4 nitrogen and oxygen atoms in total. The van der Waals surface area contributed by atoms with Crippen LogP contribution in [0.5, 0.6) is 0 Å². The average molecular weight is 168 g/mol. The molecule has 12 heavy (non-hydrogen) atoms. The van der Waals surface area contributed by atoms with Crippen LogP contribution in [-0.2, 0) is 13.5 Å². The third-order valence-electron chi connectivity index (χ3n) is 1.97. The summed E-state index contributed by atoms with van der Waals surface area (Å²) in [5.41, 5.74) is 13.0. The number of aryl methyl sites for hydroxylation is 2. The predicted octanol–water partition coefficient (Wildman–Crippen LogP) is 0.927. The average Bonchev–Trinajstić information content (AvgIpc) is 2.30. The smallest absolute Gasteiger partial charge is 0.145 e. The van der Waals surface area contributed by atoms with Gasteiger partial charge < -0.3 is 11.5 Å². The molecule has 0 saturated heterocycles. The topological polar surface area (TPSA) is 69.9 Å². The second kappa shape index (κ2) is 3.47. The number of nitrogens with zero attached hydrogens (tertiary/aromatic N) is 2. The first-order valence-corrected chi connectivity index (χ1v) is 4.23. The third kappa shape index (κ3) is 1.52. The molecule has 0 aliphatic carbocycles. The van der Waals surface area contributed by atoms with E-state index in [1.807, 2.05) is 0 Å². The Balaban J connectivity index is 2.79. The summed E-state index contributed by atoms with van der Waals surface area (Å²) in [5, 5.41) is 4.21. The predicted molar refractivity (Wildman–Crippen MR) is 50.6 cm³/mol. The van der Waals surface area contributed by atoms with Crippen LogP contribution >= 0.6 is 0 Å². The lowest BCUT2D eigenvalue weighted by Crippen LogP contribution is -1.98. The summed E-state index contributed by atoms with van der Waals surface area (Å²) >= 11 is 0. The molecule has 0 aromatic carbocycles. The van der Waals surface area contributed by atoms with E-state index in [9.17, 15) is 0 Å². The SMILES string of the molecule is CCCCc1nn(C)c(N)c1N. The number of hydrogen-bond acceptors (Lipinski definition) is 3. The third-order valence-corrected chi connectivity index (χ3v) is 1.97. The molecule has 0 amide bonds. The Hall–Kier alpha value is -1.19. The molecule has 68 valence electrons. The first kappa shape index (κ1) is 8.90. The number of unbranched alkanes of at least 4 members (excludes halogenated alkanes) is 1. The molecule has 4 heteroatoms. The second-order valence-corrected chi connectivity index (χ2v) is 2.97. The summed E-state index contributed by atoms with van der Waals surface area (Å²) in [6, 6.07) is 0. The summed E-state index contributed by atoms with van der Waals surface area (Å²) in [4.78, 5) is 0. The summed E-state index contributed by atoms with van der Waals surface area (Å²) in [5.74, 6) is 0.570. The number of hydrogen-bond donors (Lipinski definition) is 2. The molecule has 0 atom stereocenters. The van der Waals surface area contributed by atoms with Gasteiger partial charge >= 0.3 is 0 Å². The summed E-state index contributed by atoms with van der Waals surface area (Å²) in [6.45, 7) is 2.14. The lowest BCUT2D eigenvalue weighted by Gasteiger charge is -1.94. The van der Waals surface area contributed by atoms with Crippen LogP contribution < -0.4 is 11.5 Å². The highest BCUT2D eigenvalue weighted by Crippen LogP contribution is 2.19. The Morgan fingerprint density at radius 3 is 2.50 bits per heavy atom. The standard InChI is InChI=1S/C8H16N4/c1-3-4-5-6-7(9)8(10)12(2)11-6/h3-5,9-10H2,1-2H3. The molecule has 0 radical (unpaired) electrons. The van der Waals surface area contributed by atoms with E-state index in [-0.39, 0.29) is 0 Å². The van der Waals surface area contributed by atoms with E-state index in [1.54, 1.807) is 11.7 Å². The monoisotopic (exact) mass is 168 g/mol. The molecular formula is C8H16N4. The fraction of sp³-hybridized carbons (Fsp3) is 0.625. The molecule has 0 aliphatic heterocycles. The summed E-state index contributed by atoms with van der Waals surface area (Å²) in [6.07, 6.45) is 3.18. The number of aromatic nitrogens is 2. The zero-order valence-electron chi connectivity index (χ0n) is 7.67. The van der Waals surface area contributed by atoms with Crippen molar-refractivity contribution < 1.29 is 0 Å². The molecule has 4 N–H and O–H groups in total. The fourth-order valence-electron chi connectivity index (χ4n) is 1.14. The van der Waals surface area contributed by atoms with Gasteiger partial charge in [-0.1, -0.05) is 13.3 Å². The van der Waals surface area contributed by atoms with Crippen LogP contribution in [0.4, 0.5) is 11.5 Å². The molecule has 0 bridgehead atoms. The van der Waals surface area contributed by atoms with Crippen LogP contribution in [0.25, 0.3) is 0 Å². The van der Waals surface area contributed by atoms with Crippen molar-refractivity contribution in [1.82, 2.24) is 9.78 Å². The number of nitrogen functional groups attached to an aromatic ring is 2. The fourth-order valence-corrected chi connectivity index (χ4v) is 1.14. The molecular weight excluding hydrogens is 152 g/mol.